The Morgan fingerprint density at radius 2 is 1.96 bits per heavy atom. The van der Waals surface area contributed by atoms with Crippen LogP contribution in [0.5, 0.6) is 0 Å². The van der Waals surface area contributed by atoms with E-state index in [1.165, 1.54) is 0 Å². The van der Waals surface area contributed by atoms with Crippen molar-refractivity contribution >= 4 is 22.5 Å². The van der Waals surface area contributed by atoms with E-state index in [0.717, 1.165) is 22.0 Å². The Hall–Kier alpha value is -2.41. The highest BCUT2D eigenvalue weighted by atomic mass is 35.5. The third-order valence-corrected chi connectivity index (χ3v) is 4.12. The van der Waals surface area contributed by atoms with Crippen LogP contribution in [0.1, 0.15) is 22.7 Å². The minimum atomic E-state index is -0.500. The van der Waals surface area contributed by atoms with E-state index in [1.807, 2.05) is 61.5 Å². The molecule has 4 heteroatoms. The van der Waals surface area contributed by atoms with Gasteiger partial charge >= 0.3 is 0 Å². The van der Waals surface area contributed by atoms with Crippen LogP contribution in [0.3, 0.4) is 0 Å². The number of fused-ring (bicyclic) bond motifs is 1. The third-order valence-electron chi connectivity index (χ3n) is 3.82. The molecule has 0 aliphatic heterocycles. The first kappa shape index (κ1) is 15.5. The molecule has 2 aromatic carbocycles. The molecule has 0 bridgehead atoms. The van der Waals surface area contributed by atoms with Crippen LogP contribution in [0.2, 0.25) is 5.15 Å². The normalized spacial score (nSPS) is 12.0. The van der Waals surface area contributed by atoms with Gasteiger partial charge in [0, 0.05) is 17.5 Å². The van der Waals surface area contributed by atoms with E-state index >= 15 is 0 Å². The van der Waals surface area contributed by atoms with Gasteiger partial charge in [0.1, 0.15) is 11.2 Å². The largest absolute Gasteiger partial charge is 0.294 e. The van der Waals surface area contributed by atoms with Gasteiger partial charge in [-0.15, -0.1) is 0 Å². The van der Waals surface area contributed by atoms with Gasteiger partial charge in [0.25, 0.3) is 0 Å². The number of benzene rings is 2. The molecule has 1 unspecified atom stereocenters. The molecule has 1 N–H and O–H groups in total. The Kier molecular flexibility index (Phi) is 4.57. The third kappa shape index (κ3) is 3.34. The molecule has 0 radical (unpaired) electrons. The summed E-state index contributed by atoms with van der Waals surface area (Å²) < 4.78 is 0. The number of aryl methyl sites for hydroxylation is 1. The fourth-order valence-corrected chi connectivity index (χ4v) is 2.83. The quantitative estimate of drug-likeness (QED) is 0.717. The lowest BCUT2D eigenvalue weighted by atomic mass is 10.0. The van der Waals surface area contributed by atoms with Crippen molar-refractivity contribution in [3.63, 3.8) is 0 Å². The zero-order valence-electron chi connectivity index (χ0n) is 12.8. The van der Waals surface area contributed by atoms with Crippen LogP contribution in [-0.2, 0) is 6.54 Å². The number of aromatic nitrogens is 1. The summed E-state index contributed by atoms with van der Waals surface area (Å²) in [5.41, 5.74) is 3.78. The first-order chi connectivity index (χ1) is 11.2. The number of para-hydroxylation sites is 1. The monoisotopic (exact) mass is 321 g/mol. The van der Waals surface area contributed by atoms with Crippen molar-refractivity contribution in [1.82, 2.24) is 10.3 Å². The summed E-state index contributed by atoms with van der Waals surface area (Å²) in [4.78, 5) is 4.47. The number of nitrogens with zero attached hydrogens (tertiary/aromatic N) is 2. The molecule has 0 saturated heterocycles. The van der Waals surface area contributed by atoms with E-state index in [0.29, 0.717) is 17.3 Å². The van der Waals surface area contributed by atoms with Crippen molar-refractivity contribution in [2.24, 2.45) is 0 Å². The van der Waals surface area contributed by atoms with E-state index in [-0.39, 0.29) is 0 Å². The number of rotatable bonds is 4. The molecule has 0 fully saturated rings. The van der Waals surface area contributed by atoms with Crippen LogP contribution in [0.15, 0.2) is 54.6 Å². The predicted octanol–water partition coefficient (Wildman–Crippen LogP) is 4.55. The van der Waals surface area contributed by atoms with Gasteiger partial charge in [0.2, 0.25) is 0 Å². The van der Waals surface area contributed by atoms with Gasteiger partial charge in [-0.3, -0.25) is 5.32 Å². The Morgan fingerprint density at radius 3 is 2.70 bits per heavy atom. The summed E-state index contributed by atoms with van der Waals surface area (Å²) >= 11 is 6.33. The maximum atomic E-state index is 9.51. The van der Waals surface area contributed by atoms with Gasteiger partial charge in [-0.05, 0) is 24.1 Å². The van der Waals surface area contributed by atoms with Crippen molar-refractivity contribution in [1.29, 1.82) is 5.26 Å². The lowest BCUT2D eigenvalue weighted by molar-refractivity contribution is 0.629. The molecule has 1 heterocycles. The maximum Gasteiger partial charge on any atom is 0.135 e. The second-order valence-corrected chi connectivity index (χ2v) is 5.80. The first-order valence-corrected chi connectivity index (χ1v) is 7.79. The summed E-state index contributed by atoms with van der Waals surface area (Å²) in [6.45, 7) is 2.60. The molecule has 1 aromatic heterocycles. The van der Waals surface area contributed by atoms with E-state index in [9.17, 15) is 5.26 Å². The first-order valence-electron chi connectivity index (χ1n) is 7.41. The van der Waals surface area contributed by atoms with E-state index in [2.05, 4.69) is 16.4 Å². The van der Waals surface area contributed by atoms with Gasteiger partial charge in [-0.25, -0.2) is 4.98 Å². The van der Waals surface area contributed by atoms with E-state index in [4.69, 9.17) is 11.6 Å². The van der Waals surface area contributed by atoms with Gasteiger partial charge in [-0.1, -0.05) is 60.1 Å². The topological polar surface area (TPSA) is 48.7 Å². The van der Waals surface area contributed by atoms with Gasteiger partial charge in [0.15, 0.2) is 0 Å². The summed E-state index contributed by atoms with van der Waals surface area (Å²) in [7, 11) is 0. The van der Waals surface area contributed by atoms with Gasteiger partial charge in [-0.2, -0.15) is 5.26 Å². The second-order valence-electron chi connectivity index (χ2n) is 5.44. The smallest absolute Gasteiger partial charge is 0.135 e. The Labute approximate surface area is 140 Å². The van der Waals surface area contributed by atoms with Crippen LogP contribution in [-0.4, -0.2) is 4.98 Å². The molecule has 114 valence electrons. The van der Waals surface area contributed by atoms with Crippen molar-refractivity contribution in [3.8, 4) is 6.07 Å². The number of hydrogen-bond acceptors (Lipinski definition) is 3. The molecule has 0 spiro atoms. The predicted molar refractivity (Wildman–Crippen MR) is 93.1 cm³/mol. The molecule has 23 heavy (non-hydrogen) atoms. The van der Waals surface area contributed by atoms with Crippen LogP contribution >= 0.6 is 11.6 Å². The molecule has 3 nitrogen and oxygen atoms in total. The molecule has 0 amide bonds. The van der Waals surface area contributed by atoms with Crippen LogP contribution in [0.25, 0.3) is 10.9 Å². The highest BCUT2D eigenvalue weighted by Gasteiger charge is 2.16. The Bertz CT molecular complexity index is 869. The van der Waals surface area contributed by atoms with Crippen molar-refractivity contribution in [3.05, 3.63) is 76.4 Å². The number of pyridine rings is 1. The lowest BCUT2D eigenvalue weighted by Gasteiger charge is -2.14. The van der Waals surface area contributed by atoms with Crippen LogP contribution in [0.4, 0.5) is 0 Å². The highest BCUT2D eigenvalue weighted by Crippen LogP contribution is 2.27. The zero-order chi connectivity index (χ0) is 16.2. The summed E-state index contributed by atoms with van der Waals surface area (Å²) in [6, 6.07) is 19.7. The molecular formula is C19H16ClN3. The van der Waals surface area contributed by atoms with Gasteiger partial charge < -0.3 is 0 Å². The minimum absolute atomic E-state index is 0.374. The standard InChI is InChI=1S/C19H16ClN3/c1-13-6-5-9-15-10-16(19(20)23-18(13)15)17(11-21)22-12-14-7-3-2-4-8-14/h2-10,17,22H,12H2,1H3. The zero-order valence-corrected chi connectivity index (χ0v) is 13.5. The number of nitrogens with one attached hydrogen (secondary N) is 1. The fourth-order valence-electron chi connectivity index (χ4n) is 2.58. The van der Waals surface area contributed by atoms with E-state index in [1.54, 1.807) is 0 Å². The number of halogens is 1. The molecule has 1 atom stereocenters. The van der Waals surface area contributed by atoms with Gasteiger partial charge in [0.05, 0.1) is 11.6 Å². The summed E-state index contributed by atoms with van der Waals surface area (Å²) in [5, 5.41) is 14.1. The fraction of sp³-hybridized carbons (Fsp3) is 0.158. The lowest BCUT2D eigenvalue weighted by Crippen LogP contribution is -2.20. The maximum absolute atomic E-state index is 9.51. The average Bonchev–Trinajstić information content (AvgIpc) is 2.57. The molecule has 0 saturated carbocycles. The number of nitriles is 1. The average molecular weight is 322 g/mol. The molecule has 0 aliphatic rings. The van der Waals surface area contributed by atoms with Crippen LogP contribution in [0, 0.1) is 18.3 Å². The second kappa shape index (κ2) is 6.78. The SMILES string of the molecule is Cc1cccc2cc(C(C#N)NCc3ccccc3)c(Cl)nc12. The Morgan fingerprint density at radius 1 is 1.17 bits per heavy atom. The van der Waals surface area contributed by atoms with Crippen molar-refractivity contribution in [2.75, 3.05) is 0 Å². The van der Waals surface area contributed by atoms with E-state index < -0.39 is 6.04 Å². The highest BCUT2D eigenvalue weighted by molar-refractivity contribution is 6.30. The van der Waals surface area contributed by atoms with Crippen molar-refractivity contribution in [2.45, 2.75) is 19.5 Å². The molecule has 3 rings (SSSR count). The van der Waals surface area contributed by atoms with Crippen LogP contribution < -0.4 is 5.32 Å². The molecular weight excluding hydrogens is 306 g/mol. The molecule has 0 aliphatic carbocycles. The summed E-state index contributed by atoms with van der Waals surface area (Å²) in [5.74, 6) is 0. The molecule has 3 aromatic rings. The number of hydrogen-bond donors (Lipinski definition) is 1. The minimum Gasteiger partial charge on any atom is -0.294 e. The Balaban J connectivity index is 1.90. The summed E-state index contributed by atoms with van der Waals surface area (Å²) in [6.07, 6.45) is 0. The van der Waals surface area contributed by atoms with Crippen molar-refractivity contribution < 1.29 is 0 Å².